The van der Waals surface area contributed by atoms with Crippen LogP contribution in [0, 0.1) is 5.92 Å². The summed E-state index contributed by atoms with van der Waals surface area (Å²) in [7, 11) is 0. The first kappa shape index (κ1) is 12.5. The van der Waals surface area contributed by atoms with Crippen molar-refractivity contribution in [2.45, 2.75) is 45.4 Å². The predicted molar refractivity (Wildman–Crippen MR) is 60.9 cm³/mol. The van der Waals surface area contributed by atoms with E-state index in [4.69, 9.17) is 5.11 Å². The zero-order chi connectivity index (χ0) is 11.1. The van der Waals surface area contributed by atoms with Crippen LogP contribution < -0.4 is 0 Å². The van der Waals surface area contributed by atoms with E-state index in [2.05, 4.69) is 11.8 Å². The predicted octanol–water partition coefficient (Wildman–Crippen LogP) is 2.36. The first-order chi connectivity index (χ1) is 7.22. The maximum atomic E-state index is 10.6. The number of rotatable bonds is 6. The van der Waals surface area contributed by atoms with Crippen molar-refractivity contribution in [3.05, 3.63) is 0 Å². The Balaban J connectivity index is 2.19. The minimum Gasteiger partial charge on any atom is -0.481 e. The average molecular weight is 213 g/mol. The molecule has 0 aliphatic carbocycles. The van der Waals surface area contributed by atoms with Crippen molar-refractivity contribution in [3.63, 3.8) is 0 Å². The van der Waals surface area contributed by atoms with E-state index < -0.39 is 5.97 Å². The van der Waals surface area contributed by atoms with Gasteiger partial charge in [-0.15, -0.1) is 0 Å². The van der Waals surface area contributed by atoms with Gasteiger partial charge in [-0.2, -0.15) is 0 Å². The Bertz CT molecular complexity index is 194. The molecule has 0 aromatic rings. The van der Waals surface area contributed by atoms with E-state index in [1.807, 2.05) is 0 Å². The molecule has 0 spiro atoms. The smallest absolute Gasteiger partial charge is 0.303 e. The quantitative estimate of drug-likeness (QED) is 0.689. The number of piperidine rings is 1. The number of likely N-dealkylation sites (tertiary alicyclic amines) is 1. The van der Waals surface area contributed by atoms with Crippen LogP contribution in [0.1, 0.15) is 45.4 Å². The number of carboxylic acids is 1. The van der Waals surface area contributed by atoms with Gasteiger partial charge < -0.3 is 10.0 Å². The molecule has 0 aromatic carbocycles. The van der Waals surface area contributed by atoms with Gasteiger partial charge >= 0.3 is 5.97 Å². The molecule has 0 bridgehead atoms. The summed E-state index contributed by atoms with van der Waals surface area (Å²) in [5, 5.41) is 8.75. The minimum absolute atomic E-state index is 0.351. The summed E-state index contributed by atoms with van der Waals surface area (Å²) in [5.41, 5.74) is 0. The number of unbranched alkanes of at least 4 members (excludes halogenated alkanes) is 2. The second-order valence-corrected chi connectivity index (χ2v) is 4.61. The lowest BCUT2D eigenvalue weighted by atomic mass is 9.95. The molecule has 1 N–H and O–H groups in total. The van der Waals surface area contributed by atoms with Gasteiger partial charge in [-0.05, 0) is 38.3 Å². The normalized spacial score (nSPS) is 22.9. The van der Waals surface area contributed by atoms with Gasteiger partial charge in [0.1, 0.15) is 0 Å². The van der Waals surface area contributed by atoms with Gasteiger partial charge in [0.15, 0.2) is 0 Å². The van der Waals surface area contributed by atoms with E-state index in [0.717, 1.165) is 19.5 Å². The molecular weight excluding hydrogens is 190 g/mol. The van der Waals surface area contributed by atoms with Crippen LogP contribution in [0.15, 0.2) is 0 Å². The number of carboxylic acid groups (broad SMARTS) is 1. The van der Waals surface area contributed by atoms with Crippen molar-refractivity contribution < 1.29 is 9.90 Å². The van der Waals surface area contributed by atoms with Gasteiger partial charge in [-0.25, -0.2) is 0 Å². The first-order valence-corrected chi connectivity index (χ1v) is 6.16. The molecule has 0 radical (unpaired) electrons. The van der Waals surface area contributed by atoms with Crippen molar-refractivity contribution in [2.24, 2.45) is 5.92 Å². The molecule has 3 nitrogen and oxygen atoms in total. The van der Waals surface area contributed by atoms with Crippen molar-refractivity contribution in [2.75, 3.05) is 19.6 Å². The number of aliphatic carboxylic acids is 1. The van der Waals surface area contributed by atoms with Crippen molar-refractivity contribution in [1.29, 1.82) is 0 Å². The van der Waals surface area contributed by atoms with Gasteiger partial charge in [0.05, 0.1) is 0 Å². The largest absolute Gasteiger partial charge is 0.481 e. The Kier molecular flexibility index (Phi) is 5.69. The third kappa shape index (κ3) is 5.17. The van der Waals surface area contributed by atoms with E-state index in [9.17, 15) is 4.79 Å². The number of hydrogen-bond donors (Lipinski definition) is 1. The molecule has 15 heavy (non-hydrogen) atoms. The van der Waals surface area contributed by atoms with E-state index in [0.29, 0.717) is 12.3 Å². The van der Waals surface area contributed by atoms with Crippen LogP contribution in [0.25, 0.3) is 0 Å². The Hall–Kier alpha value is -0.570. The third-order valence-corrected chi connectivity index (χ3v) is 3.14. The van der Waals surface area contributed by atoms with E-state index in [1.54, 1.807) is 0 Å². The second-order valence-electron chi connectivity index (χ2n) is 4.61. The fourth-order valence-corrected chi connectivity index (χ4v) is 2.35. The summed E-state index contributed by atoms with van der Waals surface area (Å²) < 4.78 is 0. The van der Waals surface area contributed by atoms with Crippen LogP contribution in [0.3, 0.4) is 0 Å². The molecule has 0 amide bonds. The van der Waals surface area contributed by atoms with Crippen LogP contribution >= 0.6 is 0 Å². The molecular formula is C12H23NO2. The molecule has 1 atom stereocenters. The molecule has 1 aliphatic rings. The van der Waals surface area contributed by atoms with Crippen molar-refractivity contribution in [1.82, 2.24) is 4.90 Å². The van der Waals surface area contributed by atoms with Gasteiger partial charge in [-0.3, -0.25) is 4.79 Å². The van der Waals surface area contributed by atoms with Crippen LogP contribution in [-0.2, 0) is 4.79 Å². The first-order valence-electron chi connectivity index (χ1n) is 6.16. The molecule has 1 unspecified atom stereocenters. The van der Waals surface area contributed by atoms with Crippen LogP contribution in [0.4, 0.5) is 0 Å². The molecule has 1 heterocycles. The van der Waals surface area contributed by atoms with Crippen molar-refractivity contribution in [3.8, 4) is 0 Å². The highest BCUT2D eigenvalue weighted by molar-refractivity contribution is 5.67. The van der Waals surface area contributed by atoms with E-state index in [-0.39, 0.29) is 0 Å². The lowest BCUT2D eigenvalue weighted by Crippen LogP contribution is -2.36. The van der Waals surface area contributed by atoms with Crippen molar-refractivity contribution >= 4 is 5.97 Å². The monoisotopic (exact) mass is 213 g/mol. The molecule has 0 saturated carbocycles. The van der Waals surface area contributed by atoms with Gasteiger partial charge in [0, 0.05) is 13.0 Å². The Morgan fingerprint density at radius 2 is 2.27 bits per heavy atom. The molecule has 1 aliphatic heterocycles. The minimum atomic E-state index is -0.643. The van der Waals surface area contributed by atoms with E-state index >= 15 is 0 Å². The second kappa shape index (κ2) is 6.83. The van der Waals surface area contributed by atoms with Crippen LogP contribution in [-0.4, -0.2) is 35.6 Å². The fourth-order valence-electron chi connectivity index (χ4n) is 2.35. The summed E-state index contributed by atoms with van der Waals surface area (Å²) in [6.07, 6.45) is 6.42. The van der Waals surface area contributed by atoms with Gasteiger partial charge in [-0.1, -0.05) is 19.8 Å². The number of carbonyl (C=O) groups is 1. The molecule has 0 aromatic heterocycles. The van der Waals surface area contributed by atoms with Crippen LogP contribution in [0.5, 0.6) is 0 Å². The van der Waals surface area contributed by atoms with Crippen LogP contribution in [0.2, 0.25) is 0 Å². The maximum Gasteiger partial charge on any atom is 0.303 e. The lowest BCUT2D eigenvalue weighted by molar-refractivity contribution is -0.138. The van der Waals surface area contributed by atoms with Gasteiger partial charge in [0.25, 0.3) is 0 Å². The molecule has 3 heteroatoms. The van der Waals surface area contributed by atoms with E-state index in [1.165, 1.54) is 32.2 Å². The highest BCUT2D eigenvalue weighted by Gasteiger charge is 2.21. The summed E-state index contributed by atoms with van der Waals surface area (Å²) in [6, 6.07) is 0. The SMILES string of the molecule is CCCCCN1CCCC(CC(=O)O)C1. The number of hydrogen-bond acceptors (Lipinski definition) is 2. The zero-order valence-electron chi connectivity index (χ0n) is 9.74. The molecule has 88 valence electrons. The Labute approximate surface area is 92.5 Å². The summed E-state index contributed by atoms with van der Waals surface area (Å²) in [5.74, 6) is -0.256. The summed E-state index contributed by atoms with van der Waals surface area (Å²) >= 11 is 0. The Morgan fingerprint density at radius 3 is 2.93 bits per heavy atom. The molecule has 1 rings (SSSR count). The fraction of sp³-hybridized carbons (Fsp3) is 0.917. The molecule has 1 fully saturated rings. The summed E-state index contributed by atoms with van der Waals surface area (Å²) in [6.45, 7) is 5.53. The highest BCUT2D eigenvalue weighted by atomic mass is 16.4. The topological polar surface area (TPSA) is 40.5 Å². The molecule has 1 saturated heterocycles. The summed E-state index contributed by atoms with van der Waals surface area (Å²) in [4.78, 5) is 13.1. The zero-order valence-corrected chi connectivity index (χ0v) is 9.74. The lowest BCUT2D eigenvalue weighted by Gasteiger charge is -2.31. The maximum absolute atomic E-state index is 10.6. The third-order valence-electron chi connectivity index (χ3n) is 3.14. The highest BCUT2D eigenvalue weighted by Crippen LogP contribution is 2.19. The average Bonchev–Trinajstić information content (AvgIpc) is 2.18. The van der Waals surface area contributed by atoms with Gasteiger partial charge in [0.2, 0.25) is 0 Å². The standard InChI is InChI=1S/C12H23NO2/c1-2-3-4-7-13-8-5-6-11(10-13)9-12(14)15/h11H,2-10H2,1H3,(H,14,15). The number of nitrogens with zero attached hydrogens (tertiary/aromatic N) is 1. The Morgan fingerprint density at radius 1 is 1.47 bits per heavy atom.